The van der Waals surface area contributed by atoms with Crippen LogP contribution in [0.25, 0.3) is 11.0 Å². The zero-order chi connectivity index (χ0) is 13.6. The summed E-state index contributed by atoms with van der Waals surface area (Å²) in [5.74, 6) is 0.843. The molecule has 3 heterocycles. The first-order valence-corrected chi connectivity index (χ1v) is 6.63. The number of nitrogens with zero attached hydrogens (tertiary/aromatic N) is 3. The molecule has 0 spiro atoms. The van der Waals surface area contributed by atoms with Gasteiger partial charge < -0.3 is 20.8 Å². The quantitative estimate of drug-likeness (QED) is 0.861. The normalized spacial score (nSPS) is 27.2. The molecule has 0 aliphatic carbocycles. The molecule has 0 bridgehead atoms. The number of aromatic nitrogens is 3. The van der Waals surface area contributed by atoms with E-state index >= 15 is 0 Å². The van der Waals surface area contributed by atoms with Crippen molar-refractivity contribution in [1.82, 2.24) is 14.5 Å². The Bertz CT molecular complexity index is 608. The minimum absolute atomic E-state index is 0.0287. The molecule has 6 heteroatoms. The predicted molar refractivity (Wildman–Crippen MR) is 74.3 cm³/mol. The van der Waals surface area contributed by atoms with Crippen LogP contribution in [0.4, 0.5) is 11.5 Å². The van der Waals surface area contributed by atoms with Crippen molar-refractivity contribution in [2.24, 2.45) is 5.92 Å². The first-order chi connectivity index (χ1) is 9.11. The second-order valence-electron chi connectivity index (χ2n) is 5.22. The van der Waals surface area contributed by atoms with Crippen LogP contribution in [0.3, 0.4) is 0 Å². The van der Waals surface area contributed by atoms with E-state index in [1.54, 1.807) is 0 Å². The predicted octanol–water partition coefficient (Wildman–Crippen LogP) is 1.93. The number of fused-ring (bicyclic) bond motifs is 1. The summed E-state index contributed by atoms with van der Waals surface area (Å²) < 4.78 is 8.07. The first-order valence-electron chi connectivity index (χ1n) is 6.63. The van der Waals surface area contributed by atoms with Gasteiger partial charge in [-0.2, -0.15) is 0 Å². The lowest BCUT2D eigenvalue weighted by Gasteiger charge is -2.18. The first kappa shape index (κ1) is 12.2. The molecule has 0 radical (unpaired) electrons. The van der Waals surface area contributed by atoms with E-state index in [-0.39, 0.29) is 6.23 Å². The Morgan fingerprint density at radius 1 is 1.42 bits per heavy atom. The molecule has 4 N–H and O–H groups in total. The molecule has 0 saturated carbocycles. The van der Waals surface area contributed by atoms with Crippen LogP contribution in [0.2, 0.25) is 0 Å². The van der Waals surface area contributed by atoms with Gasteiger partial charge in [0.2, 0.25) is 0 Å². The third-order valence-electron chi connectivity index (χ3n) is 3.85. The van der Waals surface area contributed by atoms with Crippen molar-refractivity contribution in [3.8, 4) is 0 Å². The summed E-state index contributed by atoms with van der Waals surface area (Å²) in [7, 11) is 0. The number of hydrogen-bond donors (Lipinski definition) is 2. The van der Waals surface area contributed by atoms with Crippen LogP contribution in [0.5, 0.6) is 0 Å². The van der Waals surface area contributed by atoms with Crippen molar-refractivity contribution in [3.63, 3.8) is 0 Å². The Balaban J connectivity index is 2.09. The smallest absolute Gasteiger partial charge is 0.149 e. The Morgan fingerprint density at radius 2 is 2.21 bits per heavy atom. The number of ether oxygens (including phenoxy) is 1. The molecule has 102 valence electrons. The number of hydrogen-bond acceptors (Lipinski definition) is 5. The van der Waals surface area contributed by atoms with Crippen LogP contribution in [-0.2, 0) is 4.74 Å². The minimum Gasteiger partial charge on any atom is -0.397 e. The molecule has 1 aliphatic heterocycles. The van der Waals surface area contributed by atoms with Gasteiger partial charge >= 0.3 is 0 Å². The van der Waals surface area contributed by atoms with Gasteiger partial charge in [-0.05, 0) is 12.8 Å². The maximum atomic E-state index is 6.08. The average Bonchev–Trinajstić information content (AvgIpc) is 2.91. The summed E-state index contributed by atoms with van der Waals surface area (Å²) in [6.07, 6.45) is 5.67. The van der Waals surface area contributed by atoms with Crippen LogP contribution in [0.15, 0.2) is 12.5 Å². The molecular formula is C13H19N5O. The molecule has 3 unspecified atom stereocenters. The highest BCUT2D eigenvalue weighted by Crippen LogP contribution is 2.39. The Hall–Kier alpha value is -1.82. The van der Waals surface area contributed by atoms with Crippen LogP contribution >= 0.6 is 0 Å². The lowest BCUT2D eigenvalue weighted by molar-refractivity contribution is -0.00866. The molecular weight excluding hydrogens is 242 g/mol. The Labute approximate surface area is 111 Å². The third kappa shape index (κ3) is 1.83. The minimum atomic E-state index is -0.0287. The molecule has 2 aromatic rings. The summed E-state index contributed by atoms with van der Waals surface area (Å²) in [5, 5.41) is 0.721. The van der Waals surface area contributed by atoms with Crippen LogP contribution < -0.4 is 11.5 Å². The molecule has 1 saturated heterocycles. The summed E-state index contributed by atoms with van der Waals surface area (Å²) in [5.41, 5.74) is 13.2. The van der Waals surface area contributed by atoms with Crippen molar-refractivity contribution in [1.29, 1.82) is 0 Å². The number of nitrogens with two attached hydrogens (primary N) is 2. The Kier molecular flexibility index (Phi) is 2.82. The Morgan fingerprint density at radius 3 is 2.89 bits per heavy atom. The fourth-order valence-electron chi connectivity index (χ4n) is 2.85. The second-order valence-corrected chi connectivity index (χ2v) is 5.22. The standard InChI is InChI=1S/C13H19N5O/c1-3-8-4-7(2)13(19-8)18-5-9(14)10-11(15)16-6-17-12(10)18/h5-8,13H,3-4,14H2,1-2H3,(H2,15,16,17). The lowest BCUT2D eigenvalue weighted by atomic mass is 10.0. The fourth-order valence-corrected chi connectivity index (χ4v) is 2.85. The summed E-state index contributed by atoms with van der Waals surface area (Å²) in [4.78, 5) is 8.30. The van der Waals surface area contributed by atoms with Crippen LogP contribution in [0, 0.1) is 5.92 Å². The average molecular weight is 261 g/mol. The van der Waals surface area contributed by atoms with Crippen LogP contribution in [0.1, 0.15) is 32.9 Å². The van der Waals surface area contributed by atoms with E-state index in [1.807, 2.05) is 10.8 Å². The van der Waals surface area contributed by atoms with E-state index in [9.17, 15) is 0 Å². The van der Waals surface area contributed by atoms with Gasteiger partial charge in [0.05, 0.1) is 17.2 Å². The van der Waals surface area contributed by atoms with Gasteiger partial charge in [0.25, 0.3) is 0 Å². The molecule has 3 rings (SSSR count). The molecule has 1 fully saturated rings. The van der Waals surface area contributed by atoms with Gasteiger partial charge in [-0.25, -0.2) is 9.97 Å². The maximum Gasteiger partial charge on any atom is 0.149 e. The SMILES string of the molecule is CCC1CC(C)C(n2cc(N)c3c(N)ncnc32)O1. The molecule has 0 amide bonds. The van der Waals surface area contributed by atoms with E-state index in [2.05, 4.69) is 23.8 Å². The number of rotatable bonds is 2. The van der Waals surface area contributed by atoms with Crippen molar-refractivity contribution >= 4 is 22.5 Å². The summed E-state index contributed by atoms with van der Waals surface area (Å²) in [6.45, 7) is 4.33. The fraction of sp³-hybridized carbons (Fsp3) is 0.538. The van der Waals surface area contributed by atoms with Gasteiger partial charge in [0.15, 0.2) is 0 Å². The highest BCUT2D eigenvalue weighted by molar-refractivity contribution is 5.97. The van der Waals surface area contributed by atoms with E-state index in [0.29, 0.717) is 23.5 Å². The van der Waals surface area contributed by atoms with Gasteiger partial charge in [0, 0.05) is 12.1 Å². The number of anilines is 2. The van der Waals surface area contributed by atoms with E-state index < -0.39 is 0 Å². The van der Waals surface area contributed by atoms with E-state index in [0.717, 1.165) is 23.9 Å². The monoisotopic (exact) mass is 261 g/mol. The molecule has 19 heavy (non-hydrogen) atoms. The zero-order valence-electron chi connectivity index (χ0n) is 11.2. The van der Waals surface area contributed by atoms with Crippen molar-refractivity contribution in [2.75, 3.05) is 11.5 Å². The van der Waals surface area contributed by atoms with Crippen molar-refractivity contribution < 1.29 is 4.74 Å². The van der Waals surface area contributed by atoms with Gasteiger partial charge in [0.1, 0.15) is 24.0 Å². The largest absolute Gasteiger partial charge is 0.397 e. The highest BCUT2D eigenvalue weighted by Gasteiger charge is 2.33. The maximum absolute atomic E-state index is 6.08. The number of nitrogen functional groups attached to an aromatic ring is 2. The molecule has 3 atom stereocenters. The van der Waals surface area contributed by atoms with E-state index in [1.165, 1.54) is 6.33 Å². The zero-order valence-corrected chi connectivity index (χ0v) is 11.2. The lowest BCUT2D eigenvalue weighted by Crippen LogP contribution is -2.14. The van der Waals surface area contributed by atoms with Gasteiger partial charge in [-0.3, -0.25) is 0 Å². The van der Waals surface area contributed by atoms with E-state index in [4.69, 9.17) is 16.2 Å². The second kappa shape index (κ2) is 4.38. The third-order valence-corrected chi connectivity index (χ3v) is 3.85. The molecule has 0 aromatic carbocycles. The molecule has 1 aliphatic rings. The highest BCUT2D eigenvalue weighted by atomic mass is 16.5. The van der Waals surface area contributed by atoms with Crippen molar-refractivity contribution in [3.05, 3.63) is 12.5 Å². The van der Waals surface area contributed by atoms with Gasteiger partial charge in [-0.1, -0.05) is 13.8 Å². The van der Waals surface area contributed by atoms with Crippen LogP contribution in [-0.4, -0.2) is 20.6 Å². The van der Waals surface area contributed by atoms with Gasteiger partial charge in [-0.15, -0.1) is 0 Å². The summed E-state index contributed by atoms with van der Waals surface area (Å²) in [6, 6.07) is 0. The topological polar surface area (TPSA) is 92.0 Å². The summed E-state index contributed by atoms with van der Waals surface area (Å²) >= 11 is 0. The molecule has 2 aromatic heterocycles. The van der Waals surface area contributed by atoms with Crippen molar-refractivity contribution in [2.45, 2.75) is 39.0 Å². The molecule has 6 nitrogen and oxygen atoms in total.